The molecule has 104 valence electrons. The van der Waals surface area contributed by atoms with E-state index in [1.54, 1.807) is 18.2 Å². The number of carbonyl (C=O) groups is 1. The lowest BCUT2D eigenvalue weighted by Crippen LogP contribution is -2.22. The highest BCUT2D eigenvalue weighted by Gasteiger charge is 2.05. The highest BCUT2D eigenvalue weighted by Crippen LogP contribution is 2.17. The Morgan fingerprint density at radius 3 is 2.70 bits per heavy atom. The largest absolute Gasteiger partial charge is 0.508 e. The summed E-state index contributed by atoms with van der Waals surface area (Å²) in [5.74, 6) is 0.184. The molecule has 2 N–H and O–H groups in total. The molecule has 0 aromatic heterocycles. The monoisotopic (exact) mass is 289 g/mol. The Morgan fingerprint density at radius 1 is 1.15 bits per heavy atom. The van der Waals surface area contributed by atoms with Gasteiger partial charge in [0.25, 0.3) is 0 Å². The lowest BCUT2D eigenvalue weighted by Gasteiger charge is -2.07. The average Bonchev–Trinajstić information content (AvgIpc) is 2.44. The molecular weight excluding hydrogens is 274 g/mol. The fraction of sp³-hybridized carbons (Fsp3) is 0.188. The van der Waals surface area contributed by atoms with E-state index in [4.69, 9.17) is 11.6 Å². The van der Waals surface area contributed by atoms with Gasteiger partial charge in [0, 0.05) is 18.0 Å². The van der Waals surface area contributed by atoms with Crippen LogP contribution in [0.25, 0.3) is 0 Å². The zero-order chi connectivity index (χ0) is 14.4. The Kier molecular flexibility index (Phi) is 5.02. The predicted molar refractivity (Wildman–Crippen MR) is 79.7 cm³/mol. The molecule has 4 heteroatoms. The lowest BCUT2D eigenvalue weighted by molar-refractivity contribution is -0.121. The maximum absolute atomic E-state index is 11.8. The van der Waals surface area contributed by atoms with Gasteiger partial charge in [0.1, 0.15) is 5.75 Å². The van der Waals surface area contributed by atoms with Gasteiger partial charge in [0.2, 0.25) is 5.91 Å². The summed E-state index contributed by atoms with van der Waals surface area (Å²) in [6.07, 6.45) is 0.867. The summed E-state index contributed by atoms with van der Waals surface area (Å²) in [5, 5.41) is 13.1. The van der Waals surface area contributed by atoms with E-state index < -0.39 is 0 Å². The highest BCUT2D eigenvalue weighted by atomic mass is 35.5. The molecule has 0 aliphatic rings. The van der Waals surface area contributed by atoms with Crippen LogP contribution < -0.4 is 5.32 Å². The normalized spacial score (nSPS) is 10.2. The fourth-order valence-corrected chi connectivity index (χ4v) is 2.12. The van der Waals surface area contributed by atoms with Crippen molar-refractivity contribution < 1.29 is 9.90 Å². The first-order chi connectivity index (χ1) is 9.65. The number of hydrogen-bond donors (Lipinski definition) is 2. The molecule has 2 rings (SSSR count). The van der Waals surface area contributed by atoms with Crippen LogP contribution in [0.5, 0.6) is 5.75 Å². The molecule has 1 amide bonds. The molecule has 0 heterocycles. The minimum Gasteiger partial charge on any atom is -0.508 e. The van der Waals surface area contributed by atoms with Crippen LogP contribution in [0.15, 0.2) is 48.5 Å². The van der Waals surface area contributed by atoms with Gasteiger partial charge in [-0.15, -0.1) is 0 Å². The third-order valence-corrected chi connectivity index (χ3v) is 3.23. The van der Waals surface area contributed by atoms with Crippen molar-refractivity contribution in [3.05, 3.63) is 64.7 Å². The summed E-state index contributed by atoms with van der Waals surface area (Å²) in [5.41, 5.74) is 1.75. The molecule has 2 aromatic carbocycles. The third-order valence-electron chi connectivity index (χ3n) is 2.99. The lowest BCUT2D eigenvalue weighted by atomic mass is 10.1. The molecule has 0 spiro atoms. The van der Waals surface area contributed by atoms with Gasteiger partial charge in [-0.25, -0.2) is 0 Å². The number of benzene rings is 2. The number of halogens is 1. The van der Waals surface area contributed by atoms with Gasteiger partial charge in [-0.3, -0.25) is 4.79 Å². The zero-order valence-electron chi connectivity index (χ0n) is 11.0. The Bertz CT molecular complexity index is 599. The van der Waals surface area contributed by atoms with E-state index in [9.17, 15) is 9.90 Å². The maximum atomic E-state index is 11.8. The van der Waals surface area contributed by atoms with Crippen molar-refractivity contribution in [1.29, 1.82) is 0 Å². The van der Waals surface area contributed by atoms with Crippen LogP contribution in [0.2, 0.25) is 5.02 Å². The summed E-state index contributed by atoms with van der Waals surface area (Å²) in [4.78, 5) is 11.8. The van der Waals surface area contributed by atoms with Gasteiger partial charge in [0.05, 0.1) is 0 Å². The predicted octanol–water partition coefficient (Wildman–Crippen LogP) is 3.29. The van der Waals surface area contributed by atoms with Crippen LogP contribution in [-0.4, -0.2) is 11.0 Å². The molecule has 0 saturated carbocycles. The number of phenolic OH excluding ortho intramolecular Hbond substituents is 1. The van der Waals surface area contributed by atoms with Crippen molar-refractivity contribution in [3.63, 3.8) is 0 Å². The average molecular weight is 290 g/mol. The molecule has 0 unspecified atom stereocenters. The Hall–Kier alpha value is -2.00. The van der Waals surface area contributed by atoms with Crippen molar-refractivity contribution in [2.75, 3.05) is 0 Å². The van der Waals surface area contributed by atoms with Crippen molar-refractivity contribution in [2.24, 2.45) is 0 Å². The molecule has 0 aliphatic carbocycles. The van der Waals surface area contributed by atoms with Crippen molar-refractivity contribution in [2.45, 2.75) is 19.4 Å². The van der Waals surface area contributed by atoms with E-state index >= 15 is 0 Å². The van der Waals surface area contributed by atoms with Gasteiger partial charge in [-0.05, 0) is 35.7 Å². The van der Waals surface area contributed by atoms with Gasteiger partial charge < -0.3 is 10.4 Å². The number of para-hydroxylation sites is 1. The molecule has 2 aromatic rings. The molecule has 0 radical (unpaired) electrons. The Balaban J connectivity index is 1.80. The maximum Gasteiger partial charge on any atom is 0.220 e. The molecule has 0 aliphatic heterocycles. The zero-order valence-corrected chi connectivity index (χ0v) is 11.7. The molecule has 0 fully saturated rings. The van der Waals surface area contributed by atoms with Crippen LogP contribution in [0.1, 0.15) is 17.5 Å². The fourth-order valence-electron chi connectivity index (χ4n) is 1.91. The number of nitrogens with one attached hydrogen (secondary N) is 1. The van der Waals surface area contributed by atoms with Crippen molar-refractivity contribution >= 4 is 17.5 Å². The summed E-state index contributed by atoms with van der Waals surface area (Å²) in [6.45, 7) is 0.458. The Labute approximate surface area is 123 Å². The van der Waals surface area contributed by atoms with E-state index in [1.807, 2.05) is 30.3 Å². The Morgan fingerprint density at radius 2 is 1.95 bits per heavy atom. The first-order valence-electron chi connectivity index (χ1n) is 6.43. The number of rotatable bonds is 5. The second-order valence-electron chi connectivity index (χ2n) is 4.54. The van der Waals surface area contributed by atoms with Crippen LogP contribution in [-0.2, 0) is 17.8 Å². The number of amides is 1. The van der Waals surface area contributed by atoms with Crippen molar-refractivity contribution in [1.82, 2.24) is 5.32 Å². The smallest absolute Gasteiger partial charge is 0.220 e. The van der Waals surface area contributed by atoms with Gasteiger partial charge >= 0.3 is 0 Å². The first kappa shape index (κ1) is 14.4. The second kappa shape index (κ2) is 6.96. The molecule has 20 heavy (non-hydrogen) atoms. The number of hydrogen-bond acceptors (Lipinski definition) is 2. The SMILES string of the molecule is O=C(CCc1ccccc1O)NCc1cccc(Cl)c1. The molecule has 0 atom stereocenters. The van der Waals surface area contributed by atoms with Gasteiger partial charge in [-0.2, -0.15) is 0 Å². The number of phenols is 1. The third kappa shape index (κ3) is 4.28. The number of carbonyl (C=O) groups excluding carboxylic acids is 1. The van der Waals surface area contributed by atoms with E-state index in [0.717, 1.165) is 11.1 Å². The topological polar surface area (TPSA) is 49.3 Å². The van der Waals surface area contributed by atoms with Crippen molar-refractivity contribution in [3.8, 4) is 5.75 Å². The standard InChI is InChI=1S/C16H16ClNO2/c17-14-6-3-4-12(10-14)11-18-16(20)9-8-13-5-1-2-7-15(13)19/h1-7,10,19H,8-9,11H2,(H,18,20). The molecule has 3 nitrogen and oxygen atoms in total. The van der Waals surface area contributed by atoms with E-state index in [-0.39, 0.29) is 11.7 Å². The van der Waals surface area contributed by atoms with Crippen LogP contribution in [0.4, 0.5) is 0 Å². The van der Waals surface area contributed by atoms with Gasteiger partial charge in [0.15, 0.2) is 0 Å². The minimum absolute atomic E-state index is 0.0479. The molecule has 0 bridgehead atoms. The quantitative estimate of drug-likeness (QED) is 0.887. The summed E-state index contributed by atoms with van der Waals surface area (Å²) in [7, 11) is 0. The number of aryl methyl sites for hydroxylation is 1. The van der Waals surface area contributed by atoms with Crippen LogP contribution >= 0.6 is 11.6 Å². The van der Waals surface area contributed by atoms with E-state index in [0.29, 0.717) is 24.4 Å². The minimum atomic E-state index is -0.0479. The van der Waals surface area contributed by atoms with E-state index in [1.165, 1.54) is 0 Å². The summed E-state index contributed by atoms with van der Waals surface area (Å²) in [6, 6.07) is 14.4. The molecule has 0 saturated heterocycles. The second-order valence-corrected chi connectivity index (χ2v) is 4.97. The number of aromatic hydroxyl groups is 1. The first-order valence-corrected chi connectivity index (χ1v) is 6.81. The summed E-state index contributed by atoms with van der Waals surface area (Å²) < 4.78 is 0. The van der Waals surface area contributed by atoms with Gasteiger partial charge in [-0.1, -0.05) is 41.9 Å². The highest BCUT2D eigenvalue weighted by molar-refractivity contribution is 6.30. The van der Waals surface area contributed by atoms with Crippen LogP contribution in [0.3, 0.4) is 0 Å². The molecular formula is C16H16ClNO2. The van der Waals surface area contributed by atoms with E-state index in [2.05, 4.69) is 5.32 Å². The van der Waals surface area contributed by atoms with Crippen LogP contribution in [0, 0.1) is 0 Å². The summed E-state index contributed by atoms with van der Waals surface area (Å²) >= 11 is 5.88.